The summed E-state index contributed by atoms with van der Waals surface area (Å²) >= 11 is 0. The molecule has 0 aromatic heterocycles. The molecule has 1 heterocycles. The number of hydrogen-bond acceptors (Lipinski definition) is 5. The molecule has 7 heteroatoms. The normalized spacial score (nSPS) is 16.7. The second kappa shape index (κ2) is 8.81. The van der Waals surface area contributed by atoms with Gasteiger partial charge in [0.25, 0.3) is 5.91 Å². The van der Waals surface area contributed by atoms with Gasteiger partial charge >= 0.3 is 0 Å². The minimum atomic E-state index is -1.06. The summed E-state index contributed by atoms with van der Waals surface area (Å²) < 4.78 is 0. The van der Waals surface area contributed by atoms with E-state index in [1.807, 2.05) is 0 Å². The summed E-state index contributed by atoms with van der Waals surface area (Å²) in [6.45, 7) is 0.705. The Labute approximate surface area is 180 Å². The molecule has 2 aromatic rings. The van der Waals surface area contributed by atoms with Crippen molar-refractivity contribution in [3.8, 4) is 0 Å². The quantitative estimate of drug-likeness (QED) is 0.672. The number of ketones is 2. The molecule has 2 aromatic carbocycles. The molecule has 2 aliphatic rings. The number of aliphatic hydroxyl groups is 1. The number of aliphatic hydroxyl groups excluding tert-OH is 1. The van der Waals surface area contributed by atoms with Crippen LogP contribution < -0.4 is 5.32 Å². The second-order valence-electron chi connectivity index (χ2n) is 7.91. The van der Waals surface area contributed by atoms with Crippen molar-refractivity contribution in [1.82, 2.24) is 10.2 Å². The maximum Gasteiger partial charge on any atom is 0.252 e. The lowest BCUT2D eigenvalue weighted by molar-refractivity contribution is -0.134. The minimum absolute atomic E-state index is 0.154. The number of nitrogens with zero attached hydrogens (tertiary/aromatic N) is 1. The van der Waals surface area contributed by atoms with E-state index in [0.717, 1.165) is 25.7 Å². The van der Waals surface area contributed by atoms with Gasteiger partial charge in [-0.1, -0.05) is 37.1 Å². The van der Waals surface area contributed by atoms with Crippen molar-refractivity contribution in [2.75, 3.05) is 19.7 Å². The summed E-state index contributed by atoms with van der Waals surface area (Å²) in [4.78, 5) is 52.8. The highest BCUT2D eigenvalue weighted by Crippen LogP contribution is 2.28. The van der Waals surface area contributed by atoms with Gasteiger partial charge in [0, 0.05) is 40.9 Å². The summed E-state index contributed by atoms with van der Waals surface area (Å²) in [6, 6.07) is 9.83. The molecule has 1 aliphatic heterocycles. The highest BCUT2D eigenvalue weighted by Gasteiger charge is 2.31. The molecule has 1 atom stereocenters. The first kappa shape index (κ1) is 20.9. The number of hydrogen-bond donors (Lipinski definition) is 2. The Morgan fingerprint density at radius 3 is 2.06 bits per heavy atom. The fraction of sp³-hybridized carbons (Fsp3) is 0.333. The van der Waals surface area contributed by atoms with Gasteiger partial charge < -0.3 is 15.3 Å². The van der Waals surface area contributed by atoms with Crippen LogP contribution in [0.5, 0.6) is 0 Å². The lowest BCUT2D eigenvalue weighted by Crippen LogP contribution is -2.50. The van der Waals surface area contributed by atoms with E-state index in [2.05, 4.69) is 5.32 Å². The van der Waals surface area contributed by atoms with Crippen LogP contribution in [-0.4, -0.2) is 59.1 Å². The van der Waals surface area contributed by atoms with Crippen LogP contribution in [0.3, 0.4) is 0 Å². The summed E-state index contributed by atoms with van der Waals surface area (Å²) in [5.41, 5.74) is 1.22. The number of fused-ring (bicyclic) bond motifs is 2. The number of likely N-dealkylation sites (tertiary alicyclic amines) is 1. The van der Waals surface area contributed by atoms with Gasteiger partial charge in [-0.3, -0.25) is 19.2 Å². The summed E-state index contributed by atoms with van der Waals surface area (Å²) in [5.74, 6) is -1.47. The summed E-state index contributed by atoms with van der Waals surface area (Å²) in [7, 11) is 0. The molecule has 1 aliphatic carbocycles. The molecule has 1 unspecified atom stereocenters. The van der Waals surface area contributed by atoms with Crippen molar-refractivity contribution in [3.05, 3.63) is 70.3 Å². The third-order valence-corrected chi connectivity index (χ3v) is 5.89. The first-order valence-corrected chi connectivity index (χ1v) is 10.5. The van der Waals surface area contributed by atoms with Crippen LogP contribution in [-0.2, 0) is 4.79 Å². The van der Waals surface area contributed by atoms with Gasteiger partial charge in [-0.15, -0.1) is 0 Å². The standard InChI is InChI=1S/C24H24N2O5/c27-14-20(24(31)26-11-5-1-2-6-12-26)25-23(30)15-9-10-18-19(13-15)22(29)17-8-4-3-7-16(17)21(18)28/h3-4,7-10,13,20,27H,1-2,5-6,11-12,14H2,(H,25,30). The monoisotopic (exact) mass is 420 g/mol. The largest absolute Gasteiger partial charge is 0.394 e. The minimum Gasteiger partial charge on any atom is -0.394 e. The van der Waals surface area contributed by atoms with Crippen LogP contribution in [0.4, 0.5) is 0 Å². The molecule has 0 saturated carbocycles. The molecule has 0 bridgehead atoms. The zero-order chi connectivity index (χ0) is 22.0. The average molecular weight is 420 g/mol. The molecule has 7 nitrogen and oxygen atoms in total. The molecule has 0 radical (unpaired) electrons. The number of benzene rings is 2. The van der Waals surface area contributed by atoms with E-state index < -0.39 is 18.6 Å². The van der Waals surface area contributed by atoms with Gasteiger partial charge in [0.15, 0.2) is 11.6 Å². The fourth-order valence-corrected chi connectivity index (χ4v) is 4.18. The van der Waals surface area contributed by atoms with Crippen LogP contribution in [0, 0.1) is 0 Å². The van der Waals surface area contributed by atoms with Crippen molar-refractivity contribution in [1.29, 1.82) is 0 Å². The second-order valence-corrected chi connectivity index (χ2v) is 7.91. The molecular formula is C24H24N2O5. The van der Waals surface area contributed by atoms with E-state index >= 15 is 0 Å². The van der Waals surface area contributed by atoms with Crippen LogP contribution in [0.15, 0.2) is 42.5 Å². The van der Waals surface area contributed by atoms with Crippen molar-refractivity contribution in [2.24, 2.45) is 0 Å². The van der Waals surface area contributed by atoms with E-state index in [0.29, 0.717) is 24.2 Å². The van der Waals surface area contributed by atoms with Crippen LogP contribution >= 0.6 is 0 Å². The molecular weight excluding hydrogens is 396 g/mol. The van der Waals surface area contributed by atoms with Crippen molar-refractivity contribution < 1.29 is 24.3 Å². The zero-order valence-corrected chi connectivity index (χ0v) is 17.1. The Bertz CT molecular complexity index is 1050. The van der Waals surface area contributed by atoms with Crippen molar-refractivity contribution >= 4 is 23.4 Å². The van der Waals surface area contributed by atoms with Gasteiger partial charge in [-0.05, 0) is 31.0 Å². The molecule has 0 spiro atoms. The van der Waals surface area contributed by atoms with E-state index in [9.17, 15) is 24.3 Å². The Balaban J connectivity index is 1.54. The predicted octanol–water partition coefficient (Wildman–Crippen LogP) is 1.96. The van der Waals surface area contributed by atoms with Crippen LogP contribution in [0.1, 0.15) is 67.9 Å². The van der Waals surface area contributed by atoms with Crippen LogP contribution in [0.2, 0.25) is 0 Å². The summed E-state index contributed by atoms with van der Waals surface area (Å²) in [5, 5.41) is 12.3. The Hall–Kier alpha value is -3.32. The molecule has 31 heavy (non-hydrogen) atoms. The molecule has 4 rings (SSSR count). The SMILES string of the molecule is O=C(NC(CO)C(=O)N1CCCCCC1)c1ccc2c(c1)C(=O)c1ccccc1C2=O. The van der Waals surface area contributed by atoms with Gasteiger partial charge in [-0.25, -0.2) is 0 Å². The van der Waals surface area contributed by atoms with Crippen molar-refractivity contribution in [3.63, 3.8) is 0 Å². The highest BCUT2D eigenvalue weighted by atomic mass is 16.3. The Morgan fingerprint density at radius 1 is 0.871 bits per heavy atom. The summed E-state index contributed by atoms with van der Waals surface area (Å²) in [6.07, 6.45) is 3.93. The number of amides is 2. The van der Waals surface area contributed by atoms with Gasteiger partial charge in [-0.2, -0.15) is 0 Å². The number of rotatable bonds is 4. The Kier molecular flexibility index (Phi) is 5.95. The maximum absolute atomic E-state index is 12.9. The fourth-order valence-electron chi connectivity index (χ4n) is 4.18. The first-order valence-electron chi connectivity index (χ1n) is 10.5. The number of carbonyl (C=O) groups is 4. The van der Waals surface area contributed by atoms with E-state index in [4.69, 9.17) is 0 Å². The lowest BCUT2D eigenvalue weighted by atomic mass is 9.83. The molecule has 1 saturated heterocycles. The third kappa shape index (κ3) is 4.01. The van der Waals surface area contributed by atoms with E-state index in [1.54, 1.807) is 29.2 Å². The van der Waals surface area contributed by atoms with Crippen LogP contribution in [0.25, 0.3) is 0 Å². The van der Waals surface area contributed by atoms with Gasteiger partial charge in [0.1, 0.15) is 6.04 Å². The predicted molar refractivity (Wildman–Crippen MR) is 113 cm³/mol. The lowest BCUT2D eigenvalue weighted by Gasteiger charge is -2.26. The maximum atomic E-state index is 12.9. The average Bonchev–Trinajstić information content (AvgIpc) is 3.09. The first-order chi connectivity index (χ1) is 15.0. The number of carbonyl (C=O) groups excluding carboxylic acids is 4. The van der Waals surface area contributed by atoms with Gasteiger partial charge in [0.05, 0.1) is 6.61 Å². The molecule has 2 amide bonds. The molecule has 2 N–H and O–H groups in total. The third-order valence-electron chi connectivity index (χ3n) is 5.89. The molecule has 1 fully saturated rings. The zero-order valence-electron chi connectivity index (χ0n) is 17.1. The van der Waals surface area contributed by atoms with Crippen molar-refractivity contribution in [2.45, 2.75) is 31.7 Å². The smallest absolute Gasteiger partial charge is 0.252 e. The highest BCUT2D eigenvalue weighted by molar-refractivity contribution is 6.28. The van der Waals surface area contributed by atoms with E-state index in [-0.39, 0.29) is 34.2 Å². The van der Waals surface area contributed by atoms with Gasteiger partial charge in [0.2, 0.25) is 5.91 Å². The Morgan fingerprint density at radius 2 is 1.45 bits per heavy atom. The topological polar surface area (TPSA) is 104 Å². The molecule has 160 valence electrons. The van der Waals surface area contributed by atoms with E-state index in [1.165, 1.54) is 18.2 Å². The number of nitrogens with one attached hydrogen (secondary N) is 1.